The molecule has 2 N–H and O–H groups in total. The lowest BCUT2D eigenvalue weighted by atomic mass is 10.1. The zero-order chi connectivity index (χ0) is 13.7. The van der Waals surface area contributed by atoms with Crippen LogP contribution in [0.3, 0.4) is 0 Å². The monoisotopic (exact) mass is 255 g/mol. The number of aryl methyl sites for hydroxylation is 1. The number of anilines is 1. The molecule has 3 heteroatoms. The van der Waals surface area contributed by atoms with Gasteiger partial charge in [0.05, 0.1) is 5.56 Å². The highest BCUT2D eigenvalue weighted by atomic mass is 16.5. The van der Waals surface area contributed by atoms with Crippen LogP contribution in [-0.4, -0.2) is 5.97 Å². The molecule has 19 heavy (non-hydrogen) atoms. The van der Waals surface area contributed by atoms with E-state index in [9.17, 15) is 4.79 Å². The summed E-state index contributed by atoms with van der Waals surface area (Å²) in [6.45, 7) is 2.29. The first-order chi connectivity index (χ1) is 9.20. The van der Waals surface area contributed by atoms with Gasteiger partial charge in [0.1, 0.15) is 6.61 Å². The van der Waals surface area contributed by atoms with Gasteiger partial charge in [-0.05, 0) is 35.7 Å². The van der Waals surface area contributed by atoms with Crippen molar-refractivity contribution in [2.75, 3.05) is 5.73 Å². The Morgan fingerprint density at radius 2 is 1.89 bits per heavy atom. The topological polar surface area (TPSA) is 52.3 Å². The second-order valence-corrected chi connectivity index (χ2v) is 4.33. The normalized spacial score (nSPS) is 10.2. The predicted molar refractivity (Wildman–Crippen MR) is 75.8 cm³/mol. The summed E-state index contributed by atoms with van der Waals surface area (Å²) in [6, 6.07) is 14.9. The quantitative estimate of drug-likeness (QED) is 0.674. The minimum atomic E-state index is -0.321. The number of ether oxygens (including phenoxy) is 1. The van der Waals surface area contributed by atoms with E-state index in [1.54, 1.807) is 18.2 Å². The van der Waals surface area contributed by atoms with Crippen LogP contribution in [0.2, 0.25) is 0 Å². The lowest BCUT2D eigenvalue weighted by Gasteiger charge is -2.07. The molecule has 0 radical (unpaired) electrons. The Bertz CT molecular complexity index is 564. The molecule has 0 amide bonds. The fourth-order valence-electron chi connectivity index (χ4n) is 1.85. The van der Waals surface area contributed by atoms with Gasteiger partial charge in [0.25, 0.3) is 0 Å². The molecule has 0 heterocycles. The van der Waals surface area contributed by atoms with Crippen molar-refractivity contribution in [1.29, 1.82) is 0 Å². The molecule has 0 aliphatic heterocycles. The number of carbonyl (C=O) groups is 1. The molecule has 0 saturated carbocycles. The van der Waals surface area contributed by atoms with E-state index in [2.05, 4.69) is 0 Å². The molecule has 0 fully saturated rings. The minimum absolute atomic E-state index is 0.283. The molecule has 98 valence electrons. The molecule has 3 nitrogen and oxygen atoms in total. The van der Waals surface area contributed by atoms with Gasteiger partial charge < -0.3 is 10.5 Å². The molecule has 0 aromatic heterocycles. The van der Waals surface area contributed by atoms with Gasteiger partial charge in [0.2, 0.25) is 0 Å². The zero-order valence-corrected chi connectivity index (χ0v) is 10.9. The van der Waals surface area contributed by atoms with Crippen LogP contribution in [0, 0.1) is 0 Å². The number of benzene rings is 2. The van der Waals surface area contributed by atoms with Crippen molar-refractivity contribution in [3.63, 3.8) is 0 Å². The molecule has 0 bridgehead atoms. The predicted octanol–water partition coefficient (Wildman–Crippen LogP) is 3.19. The van der Waals surface area contributed by atoms with Gasteiger partial charge in [0.15, 0.2) is 0 Å². The van der Waals surface area contributed by atoms with E-state index >= 15 is 0 Å². The number of nitrogens with two attached hydrogens (primary N) is 1. The molecule has 0 unspecified atom stereocenters. The number of esters is 1. The highest BCUT2D eigenvalue weighted by Gasteiger charge is 2.09. The summed E-state index contributed by atoms with van der Waals surface area (Å²) in [4.78, 5) is 11.9. The summed E-state index contributed by atoms with van der Waals surface area (Å²) >= 11 is 0. The maximum atomic E-state index is 11.9. The van der Waals surface area contributed by atoms with Gasteiger partial charge in [-0.3, -0.25) is 0 Å². The van der Waals surface area contributed by atoms with Gasteiger partial charge in [-0.1, -0.05) is 37.3 Å². The molecular weight excluding hydrogens is 238 g/mol. The van der Waals surface area contributed by atoms with Crippen LogP contribution in [0.4, 0.5) is 5.69 Å². The van der Waals surface area contributed by atoms with E-state index in [1.165, 1.54) is 0 Å². The Hall–Kier alpha value is -2.29. The van der Waals surface area contributed by atoms with Gasteiger partial charge in [-0.15, -0.1) is 0 Å². The maximum Gasteiger partial charge on any atom is 0.338 e. The number of hydrogen-bond acceptors (Lipinski definition) is 3. The van der Waals surface area contributed by atoms with Crippen molar-refractivity contribution in [3.05, 3.63) is 65.2 Å². The Morgan fingerprint density at radius 1 is 1.16 bits per heavy atom. The van der Waals surface area contributed by atoms with Crippen LogP contribution in [0.5, 0.6) is 0 Å². The molecule has 0 spiro atoms. The molecule has 2 aromatic rings. The lowest BCUT2D eigenvalue weighted by molar-refractivity contribution is 0.0472. The second-order valence-electron chi connectivity index (χ2n) is 4.33. The van der Waals surface area contributed by atoms with E-state index in [1.807, 2.05) is 37.3 Å². The molecule has 0 aliphatic carbocycles. The summed E-state index contributed by atoms with van der Waals surface area (Å²) in [7, 11) is 0. The van der Waals surface area contributed by atoms with E-state index in [0.717, 1.165) is 17.5 Å². The molecule has 2 rings (SSSR count). The third-order valence-electron chi connectivity index (χ3n) is 2.97. The highest BCUT2D eigenvalue weighted by molar-refractivity contribution is 5.90. The SMILES string of the molecule is CCc1cc(C(=O)OCc2ccccc2)ccc1N. The smallest absolute Gasteiger partial charge is 0.338 e. The lowest BCUT2D eigenvalue weighted by Crippen LogP contribution is -2.06. The summed E-state index contributed by atoms with van der Waals surface area (Å²) in [5, 5.41) is 0. The molecule has 0 saturated heterocycles. The molecule has 2 aromatic carbocycles. The zero-order valence-electron chi connectivity index (χ0n) is 10.9. The Kier molecular flexibility index (Phi) is 4.18. The summed E-state index contributed by atoms with van der Waals surface area (Å²) in [5.41, 5.74) is 9.01. The van der Waals surface area contributed by atoms with Crippen molar-refractivity contribution in [2.24, 2.45) is 0 Å². The van der Waals surface area contributed by atoms with Gasteiger partial charge in [-0.25, -0.2) is 4.79 Å². The minimum Gasteiger partial charge on any atom is -0.457 e. The van der Waals surface area contributed by atoms with Crippen molar-refractivity contribution >= 4 is 11.7 Å². The Labute approximate surface area is 113 Å². The number of rotatable bonds is 4. The summed E-state index contributed by atoms with van der Waals surface area (Å²) in [5.74, 6) is -0.321. The van der Waals surface area contributed by atoms with E-state index in [4.69, 9.17) is 10.5 Å². The maximum absolute atomic E-state index is 11.9. The molecule has 0 aliphatic rings. The van der Waals surface area contributed by atoms with Crippen LogP contribution in [0.25, 0.3) is 0 Å². The van der Waals surface area contributed by atoms with Gasteiger partial charge >= 0.3 is 5.97 Å². The van der Waals surface area contributed by atoms with Crippen LogP contribution in [-0.2, 0) is 17.8 Å². The van der Waals surface area contributed by atoms with E-state index in [0.29, 0.717) is 11.3 Å². The van der Waals surface area contributed by atoms with Crippen molar-refractivity contribution in [1.82, 2.24) is 0 Å². The Morgan fingerprint density at radius 3 is 2.58 bits per heavy atom. The Balaban J connectivity index is 2.04. The highest BCUT2D eigenvalue weighted by Crippen LogP contribution is 2.16. The first-order valence-corrected chi connectivity index (χ1v) is 6.30. The second kappa shape index (κ2) is 6.05. The number of nitrogen functional groups attached to an aromatic ring is 1. The average Bonchev–Trinajstić information content (AvgIpc) is 2.46. The first-order valence-electron chi connectivity index (χ1n) is 6.30. The van der Waals surface area contributed by atoms with Gasteiger partial charge in [-0.2, -0.15) is 0 Å². The average molecular weight is 255 g/mol. The molecule has 0 atom stereocenters. The van der Waals surface area contributed by atoms with E-state index in [-0.39, 0.29) is 12.6 Å². The molecular formula is C16H17NO2. The van der Waals surface area contributed by atoms with Crippen LogP contribution in [0.15, 0.2) is 48.5 Å². The fourth-order valence-corrected chi connectivity index (χ4v) is 1.85. The van der Waals surface area contributed by atoms with Crippen molar-refractivity contribution < 1.29 is 9.53 Å². The van der Waals surface area contributed by atoms with Gasteiger partial charge in [0, 0.05) is 5.69 Å². The first kappa shape index (κ1) is 13.1. The summed E-state index contributed by atoms with van der Waals surface area (Å²) in [6.07, 6.45) is 0.797. The standard InChI is InChI=1S/C16H17NO2/c1-2-13-10-14(8-9-15(13)17)16(18)19-11-12-6-4-3-5-7-12/h3-10H,2,11,17H2,1H3. The third kappa shape index (κ3) is 3.35. The van der Waals surface area contributed by atoms with Crippen LogP contribution < -0.4 is 5.73 Å². The third-order valence-corrected chi connectivity index (χ3v) is 2.97. The summed E-state index contributed by atoms with van der Waals surface area (Å²) < 4.78 is 5.27. The van der Waals surface area contributed by atoms with Crippen molar-refractivity contribution in [3.8, 4) is 0 Å². The number of carbonyl (C=O) groups excluding carboxylic acids is 1. The largest absolute Gasteiger partial charge is 0.457 e. The van der Waals surface area contributed by atoms with Crippen LogP contribution >= 0.6 is 0 Å². The fraction of sp³-hybridized carbons (Fsp3) is 0.188. The number of hydrogen-bond donors (Lipinski definition) is 1. The van der Waals surface area contributed by atoms with Crippen LogP contribution in [0.1, 0.15) is 28.4 Å². The van der Waals surface area contributed by atoms with Crippen molar-refractivity contribution in [2.45, 2.75) is 20.0 Å². The van der Waals surface area contributed by atoms with E-state index < -0.39 is 0 Å².